The van der Waals surface area contributed by atoms with Gasteiger partial charge in [-0.15, -0.1) is 0 Å². The van der Waals surface area contributed by atoms with E-state index in [2.05, 4.69) is 4.74 Å². The Kier molecular flexibility index (Phi) is 4.94. The zero-order valence-corrected chi connectivity index (χ0v) is 14.6. The Hall–Kier alpha value is -2.16. The summed E-state index contributed by atoms with van der Waals surface area (Å²) in [6.45, 7) is 1.02. The number of nitrogens with two attached hydrogens (primary N) is 1. The van der Waals surface area contributed by atoms with Crippen molar-refractivity contribution in [2.45, 2.75) is 11.0 Å². The van der Waals surface area contributed by atoms with Crippen LogP contribution in [0.4, 0.5) is 0 Å². The zero-order chi connectivity index (χ0) is 18.0. The number of sulfonamides is 1. The van der Waals surface area contributed by atoms with E-state index in [9.17, 15) is 13.2 Å². The topological polar surface area (TPSA) is 103 Å². The maximum Gasteiger partial charge on any atom is 0.341 e. The molecule has 134 valence electrons. The van der Waals surface area contributed by atoms with Crippen molar-refractivity contribution in [2.75, 3.05) is 26.7 Å². The van der Waals surface area contributed by atoms with E-state index in [1.807, 2.05) is 30.3 Å². The third-order valence-electron chi connectivity index (χ3n) is 4.53. The maximum atomic E-state index is 12.8. The van der Waals surface area contributed by atoms with E-state index in [1.165, 1.54) is 17.5 Å². The molecular formula is C17H20N2O5S. The van der Waals surface area contributed by atoms with E-state index >= 15 is 0 Å². The summed E-state index contributed by atoms with van der Waals surface area (Å²) in [5.74, 6) is -0.600. The van der Waals surface area contributed by atoms with Crippen LogP contribution in [0.1, 0.15) is 21.8 Å². The average molecular weight is 364 g/mol. The molecule has 0 spiro atoms. The number of methoxy groups -OCH3 is 1. The minimum absolute atomic E-state index is 0.0206. The molecule has 1 saturated heterocycles. The van der Waals surface area contributed by atoms with Crippen LogP contribution in [-0.4, -0.2) is 45.4 Å². The Balaban J connectivity index is 1.86. The lowest BCUT2D eigenvalue weighted by Crippen LogP contribution is -2.29. The summed E-state index contributed by atoms with van der Waals surface area (Å²) in [7, 11) is -2.62. The van der Waals surface area contributed by atoms with Gasteiger partial charge in [-0.1, -0.05) is 30.3 Å². The molecule has 1 aliphatic rings. The number of carbonyl (C=O) groups excluding carboxylic acids is 1. The molecule has 3 rings (SSSR count). The first-order valence-electron chi connectivity index (χ1n) is 7.89. The fraction of sp³-hybridized carbons (Fsp3) is 0.353. The Morgan fingerprint density at radius 1 is 1.32 bits per heavy atom. The van der Waals surface area contributed by atoms with Crippen molar-refractivity contribution in [3.8, 4) is 0 Å². The van der Waals surface area contributed by atoms with Crippen molar-refractivity contribution >= 4 is 16.0 Å². The maximum absolute atomic E-state index is 12.8. The molecule has 0 aliphatic carbocycles. The highest BCUT2D eigenvalue weighted by Gasteiger charge is 2.40. The highest BCUT2D eigenvalue weighted by atomic mass is 32.2. The average Bonchev–Trinajstić information content (AvgIpc) is 3.29. The van der Waals surface area contributed by atoms with Gasteiger partial charge in [-0.05, 0) is 18.0 Å². The first-order valence-corrected chi connectivity index (χ1v) is 9.33. The van der Waals surface area contributed by atoms with Gasteiger partial charge in [0.25, 0.3) is 10.0 Å². The number of nitrogens with zero attached hydrogens (tertiary/aromatic N) is 1. The summed E-state index contributed by atoms with van der Waals surface area (Å²) in [6.07, 6.45) is 1.09. The molecule has 25 heavy (non-hydrogen) atoms. The van der Waals surface area contributed by atoms with Gasteiger partial charge in [0.1, 0.15) is 6.26 Å². The first-order chi connectivity index (χ1) is 12.0. The largest absolute Gasteiger partial charge is 0.465 e. The van der Waals surface area contributed by atoms with Gasteiger partial charge in [0.15, 0.2) is 0 Å². The molecule has 1 aromatic carbocycles. The van der Waals surface area contributed by atoms with Crippen LogP contribution in [0, 0.1) is 5.92 Å². The number of rotatable bonds is 5. The molecule has 0 saturated carbocycles. The molecule has 1 aromatic heterocycles. The fourth-order valence-electron chi connectivity index (χ4n) is 3.15. The molecule has 7 nitrogen and oxygen atoms in total. The van der Waals surface area contributed by atoms with E-state index in [-0.39, 0.29) is 22.5 Å². The lowest BCUT2D eigenvalue weighted by molar-refractivity contribution is 0.0600. The number of hydrogen-bond donors (Lipinski definition) is 1. The lowest BCUT2D eigenvalue weighted by Gasteiger charge is -2.16. The van der Waals surface area contributed by atoms with Crippen LogP contribution in [-0.2, 0) is 14.8 Å². The summed E-state index contributed by atoms with van der Waals surface area (Å²) in [6, 6.07) is 10.9. The molecular weight excluding hydrogens is 344 g/mol. The van der Waals surface area contributed by atoms with Crippen molar-refractivity contribution in [1.82, 2.24) is 4.31 Å². The number of carbonyl (C=O) groups is 1. The normalized spacial score (nSPS) is 21.4. The van der Waals surface area contributed by atoms with E-state index in [0.29, 0.717) is 19.6 Å². The molecule has 2 atom stereocenters. The third kappa shape index (κ3) is 3.33. The summed E-state index contributed by atoms with van der Waals surface area (Å²) >= 11 is 0. The van der Waals surface area contributed by atoms with Crippen molar-refractivity contribution in [1.29, 1.82) is 0 Å². The van der Waals surface area contributed by atoms with Crippen LogP contribution in [0.3, 0.4) is 0 Å². The molecule has 2 N–H and O–H groups in total. The zero-order valence-electron chi connectivity index (χ0n) is 13.8. The number of esters is 1. The van der Waals surface area contributed by atoms with Crippen LogP contribution in [0.15, 0.2) is 52.2 Å². The monoisotopic (exact) mass is 364 g/mol. The second kappa shape index (κ2) is 6.99. The number of furan rings is 1. The quantitative estimate of drug-likeness (QED) is 0.805. The predicted octanol–water partition coefficient (Wildman–Crippen LogP) is 1.43. The van der Waals surface area contributed by atoms with Crippen molar-refractivity contribution in [3.63, 3.8) is 0 Å². The van der Waals surface area contributed by atoms with Crippen LogP contribution in [0.2, 0.25) is 0 Å². The van der Waals surface area contributed by atoms with E-state index in [0.717, 1.165) is 11.8 Å². The minimum atomic E-state index is -3.84. The Morgan fingerprint density at radius 3 is 2.68 bits per heavy atom. The number of benzene rings is 1. The van der Waals surface area contributed by atoms with Crippen molar-refractivity contribution < 1.29 is 22.4 Å². The predicted molar refractivity (Wildman–Crippen MR) is 90.5 cm³/mol. The molecule has 1 aliphatic heterocycles. The van der Waals surface area contributed by atoms with E-state index < -0.39 is 16.0 Å². The van der Waals surface area contributed by atoms with Gasteiger partial charge in [0, 0.05) is 25.1 Å². The van der Waals surface area contributed by atoms with Gasteiger partial charge in [-0.2, -0.15) is 4.31 Å². The molecule has 0 amide bonds. The van der Waals surface area contributed by atoms with Gasteiger partial charge in [0.05, 0.1) is 12.7 Å². The number of hydrogen-bond acceptors (Lipinski definition) is 6. The van der Waals surface area contributed by atoms with E-state index in [1.54, 1.807) is 0 Å². The van der Waals surface area contributed by atoms with E-state index in [4.69, 9.17) is 10.2 Å². The summed E-state index contributed by atoms with van der Waals surface area (Å²) in [5, 5.41) is -0.266. The summed E-state index contributed by atoms with van der Waals surface area (Å²) in [4.78, 5) is 11.5. The molecule has 0 radical (unpaired) electrons. The molecule has 0 bridgehead atoms. The highest BCUT2D eigenvalue weighted by Crippen LogP contribution is 2.35. The molecule has 2 aromatic rings. The fourth-order valence-corrected chi connectivity index (χ4v) is 4.59. The molecule has 8 heteroatoms. The SMILES string of the molecule is COC(=O)c1coc(S(=O)(=O)N2C[C@@H](CN)[C@H](c3ccccc3)C2)c1. The van der Waals surface area contributed by atoms with Gasteiger partial charge in [-0.3, -0.25) is 0 Å². The highest BCUT2D eigenvalue weighted by molar-refractivity contribution is 7.89. The number of ether oxygens (including phenoxy) is 1. The lowest BCUT2D eigenvalue weighted by atomic mass is 9.89. The van der Waals surface area contributed by atoms with Gasteiger partial charge in [0.2, 0.25) is 5.09 Å². The third-order valence-corrected chi connectivity index (χ3v) is 6.23. The molecule has 0 unspecified atom stereocenters. The standard InChI is InChI=1S/C17H20N2O5S/c1-23-17(20)13-7-16(24-11-13)25(21,22)19-9-14(8-18)15(10-19)12-5-3-2-4-6-12/h2-7,11,14-15H,8-10,18H2,1H3/t14-,15+/m1/s1. The Morgan fingerprint density at radius 2 is 2.04 bits per heavy atom. The van der Waals surface area contributed by atoms with Crippen molar-refractivity contribution in [3.05, 3.63) is 53.8 Å². The second-order valence-electron chi connectivity index (χ2n) is 5.98. The van der Waals surface area contributed by atoms with Crippen LogP contribution >= 0.6 is 0 Å². The second-order valence-corrected chi connectivity index (χ2v) is 7.85. The van der Waals surface area contributed by atoms with Crippen LogP contribution < -0.4 is 5.73 Å². The van der Waals surface area contributed by atoms with Gasteiger partial charge >= 0.3 is 5.97 Å². The van der Waals surface area contributed by atoms with Crippen LogP contribution in [0.5, 0.6) is 0 Å². The van der Waals surface area contributed by atoms with Gasteiger partial charge < -0.3 is 14.9 Å². The molecule has 1 fully saturated rings. The Labute approximate surface area is 146 Å². The first kappa shape index (κ1) is 17.7. The molecule has 2 heterocycles. The van der Waals surface area contributed by atoms with Gasteiger partial charge in [-0.25, -0.2) is 13.2 Å². The van der Waals surface area contributed by atoms with Crippen LogP contribution in [0.25, 0.3) is 0 Å². The van der Waals surface area contributed by atoms with Crippen molar-refractivity contribution in [2.24, 2.45) is 11.7 Å². The minimum Gasteiger partial charge on any atom is -0.465 e. The smallest absolute Gasteiger partial charge is 0.341 e. The Bertz CT molecular complexity index is 847. The summed E-state index contributed by atoms with van der Waals surface area (Å²) in [5.41, 5.74) is 6.99. The summed E-state index contributed by atoms with van der Waals surface area (Å²) < 4.78 is 36.7.